The largest absolute Gasteiger partial charge is 0.392 e. The van der Waals surface area contributed by atoms with Crippen molar-refractivity contribution in [2.45, 2.75) is 70.1 Å². The Morgan fingerprint density at radius 1 is 1.12 bits per heavy atom. The zero-order valence-electron chi connectivity index (χ0n) is 11.2. The quantitative estimate of drug-likeness (QED) is 0.786. The molecule has 2 rings (SSSR count). The van der Waals surface area contributed by atoms with E-state index < -0.39 is 0 Å². The predicted octanol–water partition coefficient (Wildman–Crippen LogP) is 1.75. The Labute approximate surface area is 106 Å². The van der Waals surface area contributed by atoms with Gasteiger partial charge in [0.15, 0.2) is 0 Å². The maximum Gasteiger partial charge on any atom is 0.0693 e. The molecule has 2 aliphatic rings. The molecule has 3 unspecified atom stereocenters. The van der Waals surface area contributed by atoms with Gasteiger partial charge in [-0.25, -0.2) is 0 Å². The van der Waals surface area contributed by atoms with Crippen LogP contribution in [0.4, 0.5) is 0 Å². The smallest absolute Gasteiger partial charge is 0.0693 e. The maximum atomic E-state index is 9.95. The Morgan fingerprint density at radius 3 is 2.53 bits per heavy atom. The van der Waals surface area contributed by atoms with E-state index in [1.165, 1.54) is 45.2 Å². The molecule has 0 spiro atoms. The minimum atomic E-state index is -0.118. The second-order valence-electron chi connectivity index (χ2n) is 5.89. The molecule has 1 aliphatic heterocycles. The Kier molecular flexibility index (Phi) is 5.26. The van der Waals surface area contributed by atoms with Crippen molar-refractivity contribution in [2.24, 2.45) is 0 Å². The van der Waals surface area contributed by atoms with Gasteiger partial charge < -0.3 is 15.3 Å². The van der Waals surface area contributed by atoms with E-state index in [-0.39, 0.29) is 6.10 Å². The molecule has 1 saturated heterocycles. The van der Waals surface area contributed by atoms with E-state index in [0.29, 0.717) is 12.1 Å². The zero-order chi connectivity index (χ0) is 12.1. The van der Waals surface area contributed by atoms with E-state index in [0.717, 1.165) is 19.4 Å². The van der Waals surface area contributed by atoms with Crippen molar-refractivity contribution >= 4 is 0 Å². The highest BCUT2D eigenvalue weighted by Crippen LogP contribution is 2.19. The van der Waals surface area contributed by atoms with Gasteiger partial charge in [-0.3, -0.25) is 0 Å². The molecule has 0 radical (unpaired) electrons. The molecule has 100 valence electrons. The van der Waals surface area contributed by atoms with Crippen molar-refractivity contribution in [3.8, 4) is 0 Å². The minimum Gasteiger partial charge on any atom is -0.392 e. The van der Waals surface area contributed by atoms with Gasteiger partial charge in [-0.2, -0.15) is 0 Å². The van der Waals surface area contributed by atoms with E-state index in [2.05, 4.69) is 17.1 Å². The van der Waals surface area contributed by atoms with Crippen LogP contribution in [0.25, 0.3) is 0 Å². The van der Waals surface area contributed by atoms with Crippen LogP contribution in [0.1, 0.15) is 51.9 Å². The van der Waals surface area contributed by atoms with E-state index in [1.54, 1.807) is 0 Å². The summed E-state index contributed by atoms with van der Waals surface area (Å²) in [6.45, 7) is 5.93. The molecule has 1 saturated carbocycles. The van der Waals surface area contributed by atoms with Crippen molar-refractivity contribution in [2.75, 3.05) is 19.6 Å². The normalized spacial score (nSPS) is 33.5. The van der Waals surface area contributed by atoms with Crippen molar-refractivity contribution < 1.29 is 5.11 Å². The summed E-state index contributed by atoms with van der Waals surface area (Å²) in [5.74, 6) is 0. The zero-order valence-corrected chi connectivity index (χ0v) is 11.2. The van der Waals surface area contributed by atoms with Crippen molar-refractivity contribution in [1.29, 1.82) is 0 Å². The number of nitrogens with one attached hydrogen (secondary N) is 1. The number of nitrogens with zero attached hydrogens (tertiary/aromatic N) is 1. The third-order valence-electron chi connectivity index (χ3n) is 4.21. The van der Waals surface area contributed by atoms with Crippen LogP contribution in [0.15, 0.2) is 0 Å². The van der Waals surface area contributed by atoms with Gasteiger partial charge in [0.25, 0.3) is 0 Å². The summed E-state index contributed by atoms with van der Waals surface area (Å²) < 4.78 is 0. The molecule has 0 amide bonds. The topological polar surface area (TPSA) is 35.5 Å². The van der Waals surface area contributed by atoms with Crippen LogP contribution in [0, 0.1) is 0 Å². The molecule has 17 heavy (non-hydrogen) atoms. The van der Waals surface area contributed by atoms with Crippen LogP contribution in [0.2, 0.25) is 0 Å². The lowest BCUT2D eigenvalue weighted by molar-refractivity contribution is 0.0811. The molecular weight excluding hydrogens is 212 g/mol. The summed E-state index contributed by atoms with van der Waals surface area (Å²) in [6, 6.07) is 0.842. The van der Waals surface area contributed by atoms with E-state index in [1.807, 2.05) is 0 Å². The first-order valence-corrected chi connectivity index (χ1v) is 7.42. The molecule has 2 fully saturated rings. The Hall–Kier alpha value is -0.120. The van der Waals surface area contributed by atoms with Crippen molar-refractivity contribution in [1.82, 2.24) is 10.2 Å². The second kappa shape index (κ2) is 6.72. The first-order valence-electron chi connectivity index (χ1n) is 7.42. The number of rotatable bonds is 4. The first-order chi connectivity index (χ1) is 8.25. The van der Waals surface area contributed by atoms with Gasteiger partial charge in [-0.1, -0.05) is 19.3 Å². The molecule has 0 aromatic carbocycles. The summed E-state index contributed by atoms with van der Waals surface area (Å²) in [6.07, 6.45) is 8.59. The predicted molar refractivity (Wildman–Crippen MR) is 71.2 cm³/mol. The highest BCUT2D eigenvalue weighted by atomic mass is 16.3. The van der Waals surface area contributed by atoms with Gasteiger partial charge in [0.1, 0.15) is 0 Å². The fraction of sp³-hybridized carbons (Fsp3) is 1.00. The molecule has 1 heterocycles. The third-order valence-corrected chi connectivity index (χ3v) is 4.21. The van der Waals surface area contributed by atoms with Gasteiger partial charge in [-0.05, 0) is 45.7 Å². The fourth-order valence-electron chi connectivity index (χ4n) is 3.25. The van der Waals surface area contributed by atoms with Gasteiger partial charge in [0, 0.05) is 18.6 Å². The Bertz CT molecular complexity index is 216. The van der Waals surface area contributed by atoms with E-state index in [4.69, 9.17) is 0 Å². The lowest BCUT2D eigenvalue weighted by Crippen LogP contribution is -2.50. The molecular formula is C14H28N2O. The van der Waals surface area contributed by atoms with Crippen LogP contribution in [0.3, 0.4) is 0 Å². The van der Waals surface area contributed by atoms with Crippen LogP contribution < -0.4 is 5.32 Å². The highest BCUT2D eigenvalue weighted by molar-refractivity contribution is 4.83. The number of likely N-dealkylation sites (tertiary alicyclic amines) is 1. The lowest BCUT2D eigenvalue weighted by Gasteiger charge is -2.34. The fourth-order valence-corrected chi connectivity index (χ4v) is 3.25. The second-order valence-corrected chi connectivity index (χ2v) is 5.89. The summed E-state index contributed by atoms with van der Waals surface area (Å²) in [7, 11) is 0. The average Bonchev–Trinajstić information content (AvgIpc) is 2.33. The molecule has 1 aliphatic carbocycles. The molecule has 3 heteroatoms. The van der Waals surface area contributed by atoms with Crippen molar-refractivity contribution in [3.63, 3.8) is 0 Å². The van der Waals surface area contributed by atoms with Gasteiger partial charge in [0.2, 0.25) is 0 Å². The van der Waals surface area contributed by atoms with E-state index >= 15 is 0 Å². The monoisotopic (exact) mass is 240 g/mol. The van der Waals surface area contributed by atoms with Crippen molar-refractivity contribution in [3.05, 3.63) is 0 Å². The van der Waals surface area contributed by atoms with Crippen LogP contribution in [0.5, 0.6) is 0 Å². The lowest BCUT2D eigenvalue weighted by atomic mass is 9.92. The molecule has 0 bridgehead atoms. The van der Waals surface area contributed by atoms with Gasteiger partial charge in [-0.15, -0.1) is 0 Å². The van der Waals surface area contributed by atoms with Gasteiger partial charge >= 0.3 is 0 Å². The molecule has 3 nitrogen and oxygen atoms in total. The standard InChI is InChI=1S/C14H28N2O/c1-12(11-16-9-5-2-6-10-16)15-13-7-3-4-8-14(13)17/h12-15,17H,2-11H2,1H3. The number of aliphatic hydroxyl groups excluding tert-OH is 1. The van der Waals surface area contributed by atoms with Gasteiger partial charge in [0.05, 0.1) is 6.10 Å². The first kappa shape index (κ1) is 13.3. The third kappa shape index (κ3) is 4.23. The average molecular weight is 240 g/mol. The maximum absolute atomic E-state index is 9.95. The number of aliphatic hydroxyl groups is 1. The number of hydrogen-bond donors (Lipinski definition) is 2. The molecule has 0 aromatic heterocycles. The summed E-state index contributed by atoms with van der Waals surface area (Å²) in [4.78, 5) is 2.57. The number of piperidine rings is 1. The molecule has 2 N–H and O–H groups in total. The van der Waals surface area contributed by atoms with Crippen LogP contribution >= 0.6 is 0 Å². The summed E-state index contributed by atoms with van der Waals surface area (Å²) in [5, 5.41) is 13.6. The van der Waals surface area contributed by atoms with E-state index in [9.17, 15) is 5.11 Å². The highest BCUT2D eigenvalue weighted by Gasteiger charge is 2.24. The summed E-state index contributed by atoms with van der Waals surface area (Å²) in [5.41, 5.74) is 0. The molecule has 3 atom stereocenters. The van der Waals surface area contributed by atoms with Crippen LogP contribution in [-0.2, 0) is 0 Å². The summed E-state index contributed by atoms with van der Waals surface area (Å²) >= 11 is 0. The Morgan fingerprint density at radius 2 is 1.82 bits per heavy atom. The molecule has 0 aromatic rings. The Balaban J connectivity index is 1.70. The SMILES string of the molecule is CC(CN1CCCCC1)NC1CCCCC1O. The van der Waals surface area contributed by atoms with Crippen LogP contribution in [-0.4, -0.2) is 47.8 Å². The number of hydrogen-bond acceptors (Lipinski definition) is 3. The minimum absolute atomic E-state index is 0.118.